The number of benzene rings is 2. The Kier molecular flexibility index (Phi) is 9.56. The molecule has 1 fully saturated rings. The van der Waals surface area contributed by atoms with Gasteiger partial charge in [0.15, 0.2) is 0 Å². The minimum Gasteiger partial charge on any atom is -0.489 e. The van der Waals surface area contributed by atoms with Crippen LogP contribution in [0.4, 0.5) is 0 Å². The maximum atomic E-state index is 13.1. The van der Waals surface area contributed by atoms with Gasteiger partial charge in [0.2, 0.25) is 0 Å². The highest BCUT2D eigenvalue weighted by Crippen LogP contribution is 2.27. The van der Waals surface area contributed by atoms with E-state index in [1.807, 2.05) is 24.3 Å². The Balaban J connectivity index is 1.44. The summed E-state index contributed by atoms with van der Waals surface area (Å²) < 4.78 is 12.2. The van der Waals surface area contributed by atoms with Gasteiger partial charge in [0, 0.05) is 17.7 Å². The Hall–Kier alpha value is -3.12. The van der Waals surface area contributed by atoms with E-state index in [1.165, 1.54) is 12.0 Å². The number of nitrogens with zero attached hydrogens (tertiary/aromatic N) is 1. The van der Waals surface area contributed by atoms with Crippen LogP contribution in [0.1, 0.15) is 56.1 Å². The Morgan fingerprint density at radius 1 is 0.833 bits per heavy atom. The van der Waals surface area contributed by atoms with Crippen molar-refractivity contribution in [3.63, 3.8) is 0 Å². The molecule has 0 aromatic heterocycles. The smallest absolute Gasteiger partial charge is 0.334 e. The summed E-state index contributed by atoms with van der Waals surface area (Å²) >= 11 is 0. The number of carbonyl (C=O) groups is 2. The molecular formula is C30H37NO5. The van der Waals surface area contributed by atoms with Crippen molar-refractivity contribution < 1.29 is 24.2 Å². The standard InChI is InChI=1S/C30H37NO5/c32-29(33)26-14-6-7-15-27(26)30(34)36-25(21-31-19-9-2-10-20-31)22-35-28-16-8-5-13-24(28)18-17-23-11-3-1-4-12-23/h1,3-5,8,11-13,16,25H,2,6-7,9-10,14-15,17-22H2,(H,32,33). The lowest BCUT2D eigenvalue weighted by molar-refractivity contribution is -0.148. The lowest BCUT2D eigenvalue weighted by Crippen LogP contribution is -2.41. The van der Waals surface area contributed by atoms with E-state index in [0.717, 1.165) is 62.9 Å². The van der Waals surface area contributed by atoms with Gasteiger partial charge < -0.3 is 14.6 Å². The number of carboxylic acid groups (broad SMARTS) is 1. The largest absolute Gasteiger partial charge is 0.489 e. The van der Waals surface area contributed by atoms with Crippen LogP contribution in [0, 0.1) is 0 Å². The third-order valence-electron chi connectivity index (χ3n) is 7.08. The monoisotopic (exact) mass is 491 g/mol. The second kappa shape index (κ2) is 13.3. The molecule has 6 heteroatoms. The molecule has 1 saturated heterocycles. The van der Waals surface area contributed by atoms with Crippen molar-refractivity contribution in [1.82, 2.24) is 4.90 Å². The van der Waals surface area contributed by atoms with Crippen LogP contribution in [0.25, 0.3) is 0 Å². The number of carboxylic acids is 1. The molecule has 36 heavy (non-hydrogen) atoms. The molecular weight excluding hydrogens is 454 g/mol. The van der Waals surface area contributed by atoms with Gasteiger partial charge in [-0.2, -0.15) is 0 Å². The predicted molar refractivity (Wildman–Crippen MR) is 139 cm³/mol. The van der Waals surface area contributed by atoms with Gasteiger partial charge in [0.05, 0.1) is 0 Å². The third-order valence-corrected chi connectivity index (χ3v) is 7.08. The van der Waals surface area contributed by atoms with Crippen LogP contribution in [0.2, 0.25) is 0 Å². The summed E-state index contributed by atoms with van der Waals surface area (Å²) in [6, 6.07) is 18.4. The first kappa shape index (κ1) is 26.0. The molecule has 0 amide bonds. The van der Waals surface area contributed by atoms with Crippen molar-refractivity contribution in [3.8, 4) is 5.75 Å². The van der Waals surface area contributed by atoms with Crippen molar-refractivity contribution in [3.05, 3.63) is 76.9 Å². The van der Waals surface area contributed by atoms with E-state index in [2.05, 4.69) is 35.2 Å². The number of likely N-dealkylation sites (tertiary alicyclic amines) is 1. The SMILES string of the molecule is O=C(O)C1=C(C(=O)OC(COc2ccccc2CCc2ccccc2)CN2CCCCC2)CCCC1. The first-order valence-corrected chi connectivity index (χ1v) is 13.2. The van der Waals surface area contributed by atoms with Crippen molar-refractivity contribution in [2.75, 3.05) is 26.2 Å². The van der Waals surface area contributed by atoms with Gasteiger partial charge in [-0.25, -0.2) is 9.59 Å². The summed E-state index contributed by atoms with van der Waals surface area (Å²) in [5, 5.41) is 9.57. The molecule has 0 bridgehead atoms. The molecule has 192 valence electrons. The van der Waals surface area contributed by atoms with Gasteiger partial charge >= 0.3 is 11.9 Å². The number of carbonyl (C=O) groups excluding carboxylic acids is 1. The average molecular weight is 492 g/mol. The van der Waals surface area contributed by atoms with Gasteiger partial charge in [-0.3, -0.25) is 4.90 Å². The quantitative estimate of drug-likeness (QED) is 0.435. The number of rotatable bonds is 11. The fourth-order valence-corrected chi connectivity index (χ4v) is 5.10. The molecule has 0 radical (unpaired) electrons. The van der Waals surface area contributed by atoms with E-state index in [-0.39, 0.29) is 12.2 Å². The molecule has 4 rings (SSSR count). The van der Waals surface area contributed by atoms with Gasteiger partial charge in [-0.15, -0.1) is 0 Å². The van der Waals surface area contributed by atoms with Crippen molar-refractivity contribution >= 4 is 11.9 Å². The lowest BCUT2D eigenvalue weighted by Gasteiger charge is -2.30. The summed E-state index contributed by atoms with van der Waals surface area (Å²) in [5.74, 6) is -0.718. The lowest BCUT2D eigenvalue weighted by atomic mass is 9.92. The van der Waals surface area contributed by atoms with Gasteiger partial charge in [-0.05, 0) is 81.6 Å². The summed E-state index contributed by atoms with van der Waals surface area (Å²) in [6.07, 6.45) is 7.27. The van der Waals surface area contributed by atoms with Gasteiger partial charge in [0.1, 0.15) is 18.5 Å². The van der Waals surface area contributed by atoms with E-state index >= 15 is 0 Å². The van der Waals surface area contributed by atoms with Crippen molar-refractivity contribution in [2.24, 2.45) is 0 Å². The topological polar surface area (TPSA) is 76.1 Å². The second-order valence-corrected chi connectivity index (χ2v) is 9.76. The van der Waals surface area contributed by atoms with Crippen molar-refractivity contribution in [2.45, 2.75) is 63.9 Å². The number of aliphatic carboxylic acids is 1. The van der Waals surface area contributed by atoms with Crippen LogP contribution in [0.5, 0.6) is 5.75 Å². The highest BCUT2D eigenvalue weighted by molar-refractivity contribution is 5.99. The van der Waals surface area contributed by atoms with E-state index in [1.54, 1.807) is 0 Å². The molecule has 1 heterocycles. The number of ether oxygens (including phenoxy) is 2. The van der Waals surface area contributed by atoms with E-state index in [9.17, 15) is 14.7 Å². The Labute approximate surface area is 213 Å². The molecule has 6 nitrogen and oxygen atoms in total. The van der Waals surface area contributed by atoms with Crippen LogP contribution in [0.15, 0.2) is 65.7 Å². The van der Waals surface area contributed by atoms with E-state index in [4.69, 9.17) is 9.47 Å². The summed E-state index contributed by atoms with van der Waals surface area (Å²) in [4.78, 5) is 27.1. The number of para-hydroxylation sites is 1. The van der Waals surface area contributed by atoms with Crippen molar-refractivity contribution in [1.29, 1.82) is 0 Å². The minimum atomic E-state index is -1.02. The normalized spacial score (nSPS) is 17.4. The van der Waals surface area contributed by atoms with E-state index < -0.39 is 18.0 Å². The number of hydrogen-bond acceptors (Lipinski definition) is 5. The van der Waals surface area contributed by atoms with Crippen LogP contribution in [-0.4, -0.2) is 54.3 Å². The average Bonchev–Trinajstić information content (AvgIpc) is 2.92. The Bertz CT molecular complexity index is 1040. The molecule has 2 aliphatic rings. The molecule has 2 aromatic rings. The summed E-state index contributed by atoms with van der Waals surface area (Å²) in [7, 11) is 0. The van der Waals surface area contributed by atoms with Crippen LogP contribution in [0.3, 0.4) is 0 Å². The molecule has 1 N–H and O–H groups in total. The zero-order valence-electron chi connectivity index (χ0n) is 21.0. The highest BCUT2D eigenvalue weighted by atomic mass is 16.6. The molecule has 2 aromatic carbocycles. The van der Waals surface area contributed by atoms with Gasteiger partial charge in [0.25, 0.3) is 0 Å². The number of esters is 1. The fourth-order valence-electron chi connectivity index (χ4n) is 5.10. The zero-order chi connectivity index (χ0) is 25.2. The zero-order valence-corrected chi connectivity index (χ0v) is 21.0. The van der Waals surface area contributed by atoms with E-state index in [0.29, 0.717) is 25.0 Å². The Morgan fingerprint density at radius 3 is 2.28 bits per heavy atom. The molecule has 1 aliphatic carbocycles. The summed E-state index contributed by atoms with van der Waals surface area (Å²) in [5.41, 5.74) is 2.92. The predicted octanol–water partition coefficient (Wildman–Crippen LogP) is 5.20. The number of piperidine rings is 1. The summed E-state index contributed by atoms with van der Waals surface area (Å²) in [6.45, 7) is 2.78. The highest BCUT2D eigenvalue weighted by Gasteiger charge is 2.28. The third kappa shape index (κ3) is 7.44. The fraction of sp³-hybridized carbons (Fsp3) is 0.467. The second-order valence-electron chi connectivity index (χ2n) is 9.76. The molecule has 1 aliphatic heterocycles. The molecule has 0 saturated carbocycles. The number of aryl methyl sites for hydroxylation is 2. The maximum absolute atomic E-state index is 13.1. The first-order valence-electron chi connectivity index (χ1n) is 13.2. The molecule has 1 unspecified atom stereocenters. The van der Waals surface area contributed by atoms with Crippen LogP contribution in [-0.2, 0) is 27.2 Å². The molecule has 1 atom stereocenters. The van der Waals surface area contributed by atoms with Crippen LogP contribution >= 0.6 is 0 Å². The first-order chi connectivity index (χ1) is 17.6. The maximum Gasteiger partial charge on any atom is 0.334 e. The number of hydrogen-bond donors (Lipinski definition) is 1. The minimum absolute atomic E-state index is 0.204. The molecule has 0 spiro atoms. The van der Waals surface area contributed by atoms with Crippen LogP contribution < -0.4 is 4.74 Å². The Morgan fingerprint density at radius 2 is 1.53 bits per heavy atom. The van der Waals surface area contributed by atoms with Gasteiger partial charge in [-0.1, -0.05) is 55.0 Å².